The first-order chi connectivity index (χ1) is 10.3. The van der Waals surface area contributed by atoms with E-state index in [-0.39, 0.29) is 32.7 Å². The number of H-pyrrole nitrogens is 1. The fraction of sp³-hybridized carbons (Fsp3) is 0.250. The average Bonchev–Trinajstić information content (AvgIpc) is 3.03. The Hall–Kier alpha value is -0.916. The molecule has 0 amide bonds. The Morgan fingerprint density at radius 1 is 0.818 bits per heavy atom. The van der Waals surface area contributed by atoms with E-state index in [1.165, 1.54) is 11.1 Å². The number of hydrogen-bond acceptors (Lipinski definition) is 0. The zero-order valence-corrected chi connectivity index (χ0v) is 17.3. The van der Waals surface area contributed by atoms with Crippen LogP contribution in [0.4, 0.5) is 0 Å². The van der Waals surface area contributed by atoms with Gasteiger partial charge in [-0.15, -0.1) is 6.07 Å². The van der Waals surface area contributed by atoms with Gasteiger partial charge in [-0.25, -0.2) is 0 Å². The van der Waals surface area contributed by atoms with E-state index in [1.807, 2.05) is 44.3 Å². The number of aromatic amines is 1. The van der Waals surface area contributed by atoms with Gasteiger partial charge in [-0.05, 0) is 25.0 Å². The summed E-state index contributed by atoms with van der Waals surface area (Å²) in [5.41, 5.74) is 3.89. The van der Waals surface area contributed by atoms with E-state index in [4.69, 9.17) is 0 Å². The molecule has 1 radical (unpaired) electrons. The third kappa shape index (κ3) is 8.51. The predicted molar refractivity (Wildman–Crippen MR) is 95.4 cm³/mol. The first kappa shape index (κ1) is 23.4. The Labute approximate surface area is 161 Å². The smallest absolute Gasteiger partial charge is 0 e. The van der Waals surface area contributed by atoms with Crippen LogP contribution >= 0.6 is 0 Å². The van der Waals surface area contributed by atoms with Crippen molar-refractivity contribution in [3.8, 4) is 0 Å². The van der Waals surface area contributed by atoms with Crippen LogP contribution in [0.3, 0.4) is 0 Å². The minimum atomic E-state index is 0. The molecule has 1 aromatic heterocycles. The van der Waals surface area contributed by atoms with Gasteiger partial charge < -0.3 is 11.9 Å². The number of hydrogen-bond donors (Lipinski definition) is 1. The molecule has 117 valence electrons. The quantitative estimate of drug-likeness (QED) is 0.458. The van der Waals surface area contributed by atoms with Crippen LogP contribution in [0.1, 0.15) is 31.9 Å². The Bertz CT molecular complexity index is 548. The van der Waals surface area contributed by atoms with Gasteiger partial charge >= 0.3 is 0 Å². The molecule has 0 aliphatic heterocycles. The minimum Gasteiger partial charge on any atom is -0.424 e. The Morgan fingerprint density at radius 2 is 1.27 bits per heavy atom. The second kappa shape index (κ2) is 15.0. The van der Waals surface area contributed by atoms with Crippen LogP contribution < -0.4 is 0 Å². The van der Waals surface area contributed by atoms with Gasteiger partial charge in [0, 0.05) is 32.7 Å². The average molecular weight is 370 g/mol. The standard InChI is InChI=1S/C8H6N.C8H10.C2H6.C2H5.Y/c1-2-4-8-7(3-1)5-6-9-8;1-7-5-3-4-6-8(7)2;2*1-2;/h1-4,6,9H;3-6H,1-2H3;1-2H3;1H2,2H3;/q-1;;;-1;. The maximum atomic E-state index is 3.25. The summed E-state index contributed by atoms with van der Waals surface area (Å²) in [4.78, 5) is 3.06. The van der Waals surface area contributed by atoms with Gasteiger partial charge in [-0.2, -0.15) is 24.4 Å². The van der Waals surface area contributed by atoms with Crippen LogP contribution in [0.25, 0.3) is 10.9 Å². The summed E-state index contributed by atoms with van der Waals surface area (Å²) in [6.07, 6.45) is 1.82. The Kier molecular flexibility index (Phi) is 15.9. The van der Waals surface area contributed by atoms with Gasteiger partial charge in [0.2, 0.25) is 0 Å². The summed E-state index contributed by atoms with van der Waals surface area (Å²) in [7, 11) is 0. The van der Waals surface area contributed by atoms with Gasteiger partial charge in [0.05, 0.1) is 0 Å². The molecule has 0 aliphatic rings. The molecule has 0 atom stereocenters. The number of nitrogens with one attached hydrogen (secondary N) is 1. The molecule has 0 unspecified atom stereocenters. The van der Waals surface area contributed by atoms with E-state index in [1.54, 1.807) is 6.92 Å². The number of para-hydroxylation sites is 1. The van der Waals surface area contributed by atoms with Gasteiger partial charge in [0.15, 0.2) is 0 Å². The van der Waals surface area contributed by atoms with E-state index in [0.717, 1.165) is 10.9 Å². The number of aromatic nitrogens is 1. The Balaban J connectivity index is 0. The summed E-state index contributed by atoms with van der Waals surface area (Å²) in [5.74, 6) is 0. The first-order valence-electron chi connectivity index (χ1n) is 7.44. The first-order valence-corrected chi connectivity index (χ1v) is 7.44. The molecule has 3 aromatic rings. The molecule has 0 saturated heterocycles. The third-order valence-electron chi connectivity index (χ3n) is 2.81. The van der Waals surface area contributed by atoms with E-state index < -0.39 is 0 Å². The van der Waals surface area contributed by atoms with Crippen molar-refractivity contribution in [3.63, 3.8) is 0 Å². The molecule has 0 fully saturated rings. The maximum absolute atomic E-state index is 3.25. The summed E-state index contributed by atoms with van der Waals surface area (Å²) in [6.45, 7) is 13.2. The topological polar surface area (TPSA) is 15.8 Å². The van der Waals surface area contributed by atoms with Crippen LogP contribution in [0.5, 0.6) is 0 Å². The number of aryl methyl sites for hydroxylation is 2. The third-order valence-corrected chi connectivity index (χ3v) is 2.81. The second-order valence-electron chi connectivity index (χ2n) is 4.06. The molecule has 1 N–H and O–H groups in total. The molecule has 3 rings (SSSR count). The van der Waals surface area contributed by atoms with Gasteiger partial charge in [0.25, 0.3) is 0 Å². The zero-order valence-electron chi connectivity index (χ0n) is 14.5. The van der Waals surface area contributed by atoms with Crippen molar-refractivity contribution >= 4 is 10.9 Å². The normalized spacial score (nSPS) is 8.09. The molecule has 0 saturated carbocycles. The van der Waals surface area contributed by atoms with E-state index in [0.29, 0.717) is 0 Å². The van der Waals surface area contributed by atoms with Crippen LogP contribution in [0, 0.1) is 26.8 Å². The fourth-order valence-corrected chi connectivity index (χ4v) is 1.59. The number of fused-ring (bicyclic) bond motifs is 1. The van der Waals surface area contributed by atoms with Crippen LogP contribution in [-0.2, 0) is 32.7 Å². The van der Waals surface area contributed by atoms with Crippen molar-refractivity contribution < 1.29 is 32.7 Å². The summed E-state index contributed by atoms with van der Waals surface area (Å²) >= 11 is 0. The summed E-state index contributed by atoms with van der Waals surface area (Å²) < 4.78 is 0. The van der Waals surface area contributed by atoms with Gasteiger partial charge in [-0.1, -0.05) is 62.0 Å². The fourth-order valence-electron chi connectivity index (χ4n) is 1.59. The van der Waals surface area contributed by atoms with Crippen molar-refractivity contribution in [1.82, 2.24) is 4.98 Å². The molecular formula is C20H27NY-2. The number of rotatable bonds is 0. The molecule has 0 bridgehead atoms. The van der Waals surface area contributed by atoms with Crippen molar-refractivity contribution in [2.75, 3.05) is 0 Å². The van der Waals surface area contributed by atoms with Crippen molar-refractivity contribution in [1.29, 1.82) is 0 Å². The van der Waals surface area contributed by atoms with E-state index in [9.17, 15) is 0 Å². The minimum absolute atomic E-state index is 0. The molecule has 0 aliphatic carbocycles. The molecule has 0 spiro atoms. The van der Waals surface area contributed by atoms with Crippen molar-refractivity contribution in [2.24, 2.45) is 0 Å². The van der Waals surface area contributed by atoms with Crippen LogP contribution in [0.2, 0.25) is 0 Å². The zero-order chi connectivity index (χ0) is 16.1. The van der Waals surface area contributed by atoms with Gasteiger partial charge in [-0.3, -0.25) is 0 Å². The monoisotopic (exact) mass is 370 g/mol. The molecule has 1 heterocycles. The summed E-state index contributed by atoms with van der Waals surface area (Å²) in [5, 5.41) is 1.15. The largest absolute Gasteiger partial charge is 0.424 e. The van der Waals surface area contributed by atoms with E-state index in [2.05, 4.69) is 56.1 Å². The second-order valence-corrected chi connectivity index (χ2v) is 4.06. The van der Waals surface area contributed by atoms with Crippen LogP contribution in [-0.4, -0.2) is 4.98 Å². The van der Waals surface area contributed by atoms with Crippen molar-refractivity contribution in [3.05, 3.63) is 78.8 Å². The summed E-state index contributed by atoms with van der Waals surface area (Å²) in [6, 6.07) is 19.5. The molecule has 2 heteroatoms. The maximum Gasteiger partial charge on any atom is 0 e. The molecule has 2 aromatic carbocycles. The van der Waals surface area contributed by atoms with Crippen molar-refractivity contribution in [2.45, 2.75) is 34.6 Å². The Morgan fingerprint density at radius 3 is 1.73 bits per heavy atom. The molecule has 1 nitrogen and oxygen atoms in total. The van der Waals surface area contributed by atoms with E-state index >= 15 is 0 Å². The SMILES string of the molecule is CC.Cc1ccccc1C.[CH2-]C.[Y].[c-]1c[nH]c2ccccc12. The van der Waals surface area contributed by atoms with Crippen LogP contribution in [0.15, 0.2) is 54.7 Å². The number of benzene rings is 2. The predicted octanol–water partition coefficient (Wildman–Crippen LogP) is 6.14. The molecular weight excluding hydrogens is 343 g/mol. The molecule has 22 heavy (non-hydrogen) atoms. The van der Waals surface area contributed by atoms with Gasteiger partial charge in [0.1, 0.15) is 0 Å².